The molecule has 0 amide bonds. The number of nitrogens with two attached hydrogens (primary N) is 1. The Kier molecular flexibility index (Phi) is 40.4. The average Bonchev–Trinajstić information content (AvgIpc) is 3.16. The molecule has 0 radical (unpaired) electrons. The molecule has 0 saturated carbocycles. The summed E-state index contributed by atoms with van der Waals surface area (Å²) in [6, 6.07) is 0. The molecule has 0 fully saturated rings. The number of rotatable bonds is 43. The van der Waals surface area contributed by atoms with Crippen molar-refractivity contribution in [3.05, 3.63) is 12.2 Å². The summed E-state index contributed by atoms with van der Waals surface area (Å²) in [6.45, 7) is 3.73. The van der Waals surface area contributed by atoms with Gasteiger partial charge in [-0.05, 0) is 38.5 Å². The second kappa shape index (κ2) is 41.4. The van der Waals surface area contributed by atoms with Gasteiger partial charge in [0.15, 0.2) is 6.10 Å². The zero-order valence-corrected chi connectivity index (χ0v) is 36.1. The molecule has 0 aliphatic rings. The Labute approximate surface area is 332 Å². The number of esters is 2. The van der Waals surface area contributed by atoms with Crippen LogP contribution in [0.4, 0.5) is 0 Å². The van der Waals surface area contributed by atoms with Gasteiger partial charge in [-0.15, -0.1) is 0 Å². The van der Waals surface area contributed by atoms with Crippen LogP contribution in [0.1, 0.15) is 226 Å². The standard InChI is InChI=1S/C44H86NO8P/c1-3-5-7-9-11-13-15-17-18-19-20-21-22-23-24-25-27-29-31-33-35-37-44(47)53-42(41-52-54(48,49)51-39-38-45)40-50-43(46)36-34-32-30-28-26-16-14-12-10-8-6-4-2/h12,14,42H,3-11,13,15-41,45H2,1-2H3,(H,48,49)/b14-12+/t42-/m1/s1. The van der Waals surface area contributed by atoms with E-state index in [0.29, 0.717) is 6.42 Å². The number of carbonyl (C=O) groups excluding carboxylic acids is 2. The highest BCUT2D eigenvalue weighted by Gasteiger charge is 2.26. The molecule has 0 aromatic heterocycles. The third-order valence-corrected chi connectivity index (χ3v) is 10.9. The van der Waals surface area contributed by atoms with Crippen LogP contribution in [-0.4, -0.2) is 49.3 Å². The maximum Gasteiger partial charge on any atom is 0.472 e. The van der Waals surface area contributed by atoms with Crippen LogP contribution in [-0.2, 0) is 32.7 Å². The molecular weight excluding hydrogens is 701 g/mol. The lowest BCUT2D eigenvalue weighted by Crippen LogP contribution is -2.29. The summed E-state index contributed by atoms with van der Waals surface area (Å²) in [7, 11) is -4.37. The summed E-state index contributed by atoms with van der Waals surface area (Å²) >= 11 is 0. The first-order valence-corrected chi connectivity index (χ1v) is 24.2. The van der Waals surface area contributed by atoms with Gasteiger partial charge in [-0.25, -0.2) is 4.57 Å². The molecule has 0 spiro atoms. The molecular formula is C44H86NO8P. The number of ether oxygens (including phenoxy) is 2. The number of allylic oxidation sites excluding steroid dienone is 2. The predicted octanol–water partition coefficient (Wildman–Crippen LogP) is 13.0. The van der Waals surface area contributed by atoms with Gasteiger partial charge in [0.05, 0.1) is 13.2 Å². The van der Waals surface area contributed by atoms with E-state index in [4.69, 9.17) is 24.3 Å². The van der Waals surface area contributed by atoms with Crippen molar-refractivity contribution in [2.75, 3.05) is 26.4 Å². The highest BCUT2D eigenvalue weighted by atomic mass is 31.2. The van der Waals surface area contributed by atoms with E-state index in [0.717, 1.165) is 51.4 Å². The van der Waals surface area contributed by atoms with Gasteiger partial charge in [0, 0.05) is 19.4 Å². The fourth-order valence-corrected chi connectivity index (χ4v) is 7.28. The maximum absolute atomic E-state index is 12.6. The van der Waals surface area contributed by atoms with Crippen molar-refractivity contribution >= 4 is 19.8 Å². The molecule has 0 aliphatic carbocycles. The van der Waals surface area contributed by atoms with Gasteiger partial charge in [0.1, 0.15) is 6.61 Å². The summed E-state index contributed by atoms with van der Waals surface area (Å²) in [4.78, 5) is 34.8. The van der Waals surface area contributed by atoms with Crippen molar-refractivity contribution in [3.8, 4) is 0 Å². The molecule has 54 heavy (non-hydrogen) atoms. The van der Waals surface area contributed by atoms with E-state index < -0.39 is 26.5 Å². The van der Waals surface area contributed by atoms with Gasteiger partial charge in [0.2, 0.25) is 0 Å². The molecule has 0 saturated heterocycles. The number of phosphoric ester groups is 1. The predicted molar refractivity (Wildman–Crippen MR) is 224 cm³/mol. The summed E-state index contributed by atoms with van der Waals surface area (Å²) in [6.07, 6.45) is 42.5. The molecule has 320 valence electrons. The molecule has 0 heterocycles. The monoisotopic (exact) mass is 788 g/mol. The molecule has 1 unspecified atom stereocenters. The van der Waals surface area contributed by atoms with Crippen LogP contribution in [0.3, 0.4) is 0 Å². The molecule has 0 rings (SSSR count). The van der Waals surface area contributed by atoms with Crippen molar-refractivity contribution in [2.24, 2.45) is 5.73 Å². The summed E-state index contributed by atoms with van der Waals surface area (Å²) < 4.78 is 32.8. The van der Waals surface area contributed by atoms with Gasteiger partial charge in [-0.2, -0.15) is 0 Å². The molecule has 9 nitrogen and oxygen atoms in total. The first-order valence-electron chi connectivity index (χ1n) is 22.7. The number of unbranched alkanes of at least 4 members (excludes halogenated alkanes) is 28. The topological polar surface area (TPSA) is 134 Å². The number of carbonyl (C=O) groups is 2. The lowest BCUT2D eigenvalue weighted by atomic mass is 10.0. The lowest BCUT2D eigenvalue weighted by Gasteiger charge is -2.19. The molecule has 0 aromatic carbocycles. The summed E-state index contributed by atoms with van der Waals surface area (Å²) in [5, 5.41) is 0. The third-order valence-electron chi connectivity index (χ3n) is 9.90. The molecule has 0 aromatic rings. The fraction of sp³-hybridized carbons (Fsp3) is 0.909. The van der Waals surface area contributed by atoms with Crippen LogP contribution in [0.2, 0.25) is 0 Å². The van der Waals surface area contributed by atoms with Crippen molar-refractivity contribution < 1.29 is 37.6 Å². The van der Waals surface area contributed by atoms with Gasteiger partial charge in [-0.1, -0.05) is 187 Å². The summed E-state index contributed by atoms with van der Waals surface area (Å²) in [5.74, 6) is -0.828. The van der Waals surface area contributed by atoms with E-state index in [1.54, 1.807) is 0 Å². The number of phosphoric acid groups is 1. The number of hydrogen-bond acceptors (Lipinski definition) is 8. The highest BCUT2D eigenvalue weighted by Crippen LogP contribution is 2.43. The Bertz CT molecular complexity index is 902. The van der Waals surface area contributed by atoms with Gasteiger partial charge >= 0.3 is 19.8 Å². The van der Waals surface area contributed by atoms with Crippen molar-refractivity contribution in [2.45, 2.75) is 232 Å². The van der Waals surface area contributed by atoms with E-state index in [-0.39, 0.29) is 38.6 Å². The van der Waals surface area contributed by atoms with Crippen LogP contribution in [0.5, 0.6) is 0 Å². The largest absolute Gasteiger partial charge is 0.472 e. The van der Waals surface area contributed by atoms with Crippen LogP contribution >= 0.6 is 7.82 Å². The van der Waals surface area contributed by atoms with Crippen LogP contribution in [0.25, 0.3) is 0 Å². The molecule has 0 aliphatic heterocycles. The molecule has 0 bridgehead atoms. The van der Waals surface area contributed by atoms with Gasteiger partial charge in [0.25, 0.3) is 0 Å². The van der Waals surface area contributed by atoms with Crippen LogP contribution in [0.15, 0.2) is 12.2 Å². The van der Waals surface area contributed by atoms with E-state index >= 15 is 0 Å². The fourth-order valence-electron chi connectivity index (χ4n) is 6.51. The quantitative estimate of drug-likeness (QED) is 0.0268. The Morgan fingerprint density at radius 1 is 0.537 bits per heavy atom. The first kappa shape index (κ1) is 52.8. The average molecular weight is 788 g/mol. The van der Waals surface area contributed by atoms with Crippen LogP contribution < -0.4 is 5.73 Å². The Balaban J connectivity index is 4.04. The third kappa shape index (κ3) is 40.4. The molecule has 2 atom stereocenters. The summed E-state index contributed by atoms with van der Waals surface area (Å²) in [5.41, 5.74) is 5.35. The van der Waals surface area contributed by atoms with Crippen molar-refractivity contribution in [1.82, 2.24) is 0 Å². The van der Waals surface area contributed by atoms with Crippen molar-refractivity contribution in [3.63, 3.8) is 0 Å². The normalized spacial score (nSPS) is 13.3. The SMILES string of the molecule is CCCCC/C=C/CCCCCCCC(=O)OC[C@H](COP(=O)(O)OCCN)OC(=O)CCCCCCCCCCCCCCCCCCCCCCC. The van der Waals surface area contributed by atoms with E-state index in [2.05, 4.69) is 26.0 Å². The van der Waals surface area contributed by atoms with E-state index in [1.807, 2.05) is 0 Å². The van der Waals surface area contributed by atoms with Gasteiger partial charge < -0.3 is 20.1 Å². The zero-order chi connectivity index (χ0) is 39.6. The second-order valence-corrected chi connectivity index (χ2v) is 16.7. The van der Waals surface area contributed by atoms with Crippen molar-refractivity contribution in [1.29, 1.82) is 0 Å². The first-order chi connectivity index (χ1) is 26.3. The smallest absolute Gasteiger partial charge is 0.462 e. The highest BCUT2D eigenvalue weighted by molar-refractivity contribution is 7.47. The number of hydrogen-bond donors (Lipinski definition) is 2. The Morgan fingerprint density at radius 3 is 1.35 bits per heavy atom. The minimum absolute atomic E-state index is 0.0552. The van der Waals surface area contributed by atoms with Gasteiger partial charge in [-0.3, -0.25) is 18.6 Å². The van der Waals surface area contributed by atoms with Crippen LogP contribution in [0, 0.1) is 0 Å². The lowest BCUT2D eigenvalue weighted by molar-refractivity contribution is -0.161. The minimum atomic E-state index is -4.37. The maximum atomic E-state index is 12.6. The Hall–Kier alpha value is -1.25. The van der Waals surface area contributed by atoms with E-state index in [1.165, 1.54) is 141 Å². The molecule has 3 N–H and O–H groups in total. The zero-order valence-electron chi connectivity index (χ0n) is 35.2. The molecule has 10 heteroatoms. The van der Waals surface area contributed by atoms with E-state index in [9.17, 15) is 19.0 Å². The second-order valence-electron chi connectivity index (χ2n) is 15.3. The minimum Gasteiger partial charge on any atom is -0.462 e. The Morgan fingerprint density at radius 2 is 0.907 bits per heavy atom.